The van der Waals surface area contributed by atoms with Crippen molar-refractivity contribution in [1.82, 2.24) is 9.97 Å². The number of carbonyl (C=O) groups is 1. The van der Waals surface area contributed by atoms with Gasteiger partial charge in [-0.15, -0.1) is 0 Å². The van der Waals surface area contributed by atoms with E-state index >= 15 is 0 Å². The van der Waals surface area contributed by atoms with Crippen LogP contribution in [0.2, 0.25) is 5.02 Å². The van der Waals surface area contributed by atoms with Crippen molar-refractivity contribution in [2.45, 2.75) is 6.92 Å². The van der Waals surface area contributed by atoms with Gasteiger partial charge in [-0.1, -0.05) is 17.7 Å². The zero-order valence-electron chi connectivity index (χ0n) is 9.14. The lowest BCUT2D eigenvalue weighted by Gasteiger charge is -2.06. The number of benzene rings is 1. The highest BCUT2D eigenvalue weighted by Gasteiger charge is 2.09. The smallest absolute Gasteiger partial charge is 0.275 e. The van der Waals surface area contributed by atoms with Gasteiger partial charge in [0, 0.05) is 12.4 Å². The minimum Gasteiger partial charge on any atom is -0.319 e. The largest absolute Gasteiger partial charge is 0.319 e. The average Bonchev–Trinajstić information content (AvgIpc) is 2.34. The van der Waals surface area contributed by atoms with Gasteiger partial charge in [-0.25, -0.2) is 4.98 Å². The molecule has 1 aromatic carbocycles. The Morgan fingerprint density at radius 1 is 1.35 bits per heavy atom. The van der Waals surface area contributed by atoms with Crippen molar-refractivity contribution in [2.24, 2.45) is 0 Å². The van der Waals surface area contributed by atoms with Crippen LogP contribution in [-0.4, -0.2) is 15.9 Å². The van der Waals surface area contributed by atoms with Gasteiger partial charge in [0.2, 0.25) is 0 Å². The highest BCUT2D eigenvalue weighted by molar-refractivity contribution is 6.34. The Kier molecular flexibility index (Phi) is 3.35. The Hall–Kier alpha value is -1.94. The van der Waals surface area contributed by atoms with Crippen LogP contribution in [0.4, 0.5) is 5.69 Å². The number of hydrogen-bond acceptors (Lipinski definition) is 3. The third kappa shape index (κ3) is 2.79. The molecule has 0 fully saturated rings. The fourth-order valence-corrected chi connectivity index (χ4v) is 1.61. The van der Waals surface area contributed by atoms with Crippen molar-refractivity contribution in [3.63, 3.8) is 0 Å². The van der Waals surface area contributed by atoms with Crippen LogP contribution in [0.1, 0.15) is 16.1 Å². The highest BCUT2D eigenvalue weighted by atomic mass is 35.5. The number of hydrogen-bond donors (Lipinski definition) is 1. The lowest BCUT2D eigenvalue weighted by Crippen LogP contribution is -2.14. The number of nitrogens with zero attached hydrogens (tertiary/aromatic N) is 2. The summed E-state index contributed by atoms with van der Waals surface area (Å²) in [5, 5.41) is 3.18. The quantitative estimate of drug-likeness (QED) is 0.888. The molecule has 0 radical (unpaired) electrons. The maximum absolute atomic E-state index is 11.8. The van der Waals surface area contributed by atoms with Crippen LogP contribution in [0.3, 0.4) is 0 Å². The van der Waals surface area contributed by atoms with E-state index in [1.165, 1.54) is 18.6 Å². The van der Waals surface area contributed by atoms with Crippen LogP contribution in [0.5, 0.6) is 0 Å². The molecule has 0 bridgehead atoms. The summed E-state index contributed by atoms with van der Waals surface area (Å²) in [7, 11) is 0. The van der Waals surface area contributed by atoms with Crippen molar-refractivity contribution >= 4 is 23.2 Å². The van der Waals surface area contributed by atoms with Gasteiger partial charge in [-0.2, -0.15) is 0 Å². The molecule has 4 nitrogen and oxygen atoms in total. The molecule has 17 heavy (non-hydrogen) atoms. The molecule has 86 valence electrons. The topological polar surface area (TPSA) is 54.9 Å². The molecule has 2 rings (SSSR count). The standard InChI is InChI=1S/C12H10ClN3O/c1-8-2-3-10(9(13)6-8)16-12(17)11-7-14-4-5-15-11/h2-7H,1H3,(H,16,17). The van der Waals surface area contributed by atoms with Gasteiger partial charge in [0.15, 0.2) is 0 Å². The van der Waals surface area contributed by atoms with Gasteiger partial charge >= 0.3 is 0 Å². The van der Waals surface area contributed by atoms with E-state index in [-0.39, 0.29) is 11.6 Å². The number of amides is 1. The number of carbonyl (C=O) groups excluding carboxylic acids is 1. The zero-order chi connectivity index (χ0) is 12.3. The fraction of sp³-hybridized carbons (Fsp3) is 0.0833. The maximum Gasteiger partial charge on any atom is 0.275 e. The molecule has 0 aliphatic carbocycles. The van der Waals surface area contributed by atoms with Crippen LogP contribution in [-0.2, 0) is 0 Å². The Labute approximate surface area is 104 Å². The van der Waals surface area contributed by atoms with E-state index in [1.807, 2.05) is 13.0 Å². The molecule has 5 heteroatoms. The van der Waals surface area contributed by atoms with Crippen LogP contribution >= 0.6 is 11.6 Å². The van der Waals surface area contributed by atoms with E-state index in [9.17, 15) is 4.79 Å². The monoisotopic (exact) mass is 247 g/mol. The Morgan fingerprint density at radius 2 is 2.18 bits per heavy atom. The third-order valence-corrected chi connectivity index (χ3v) is 2.48. The van der Waals surface area contributed by atoms with E-state index in [4.69, 9.17) is 11.6 Å². The minimum atomic E-state index is -0.330. The number of anilines is 1. The lowest BCUT2D eigenvalue weighted by atomic mass is 10.2. The molecule has 0 aliphatic rings. The first kappa shape index (κ1) is 11.5. The highest BCUT2D eigenvalue weighted by Crippen LogP contribution is 2.22. The molecular weight excluding hydrogens is 238 g/mol. The van der Waals surface area contributed by atoms with Crippen molar-refractivity contribution in [3.8, 4) is 0 Å². The summed E-state index contributed by atoms with van der Waals surface area (Å²) in [6.45, 7) is 1.93. The van der Waals surface area contributed by atoms with Gasteiger partial charge in [0.05, 0.1) is 16.9 Å². The van der Waals surface area contributed by atoms with Crippen molar-refractivity contribution in [1.29, 1.82) is 0 Å². The number of rotatable bonds is 2. The number of aryl methyl sites for hydroxylation is 1. The van der Waals surface area contributed by atoms with Crippen molar-refractivity contribution < 1.29 is 4.79 Å². The number of halogens is 1. The SMILES string of the molecule is Cc1ccc(NC(=O)c2cnccn2)c(Cl)c1. The molecule has 1 heterocycles. The minimum absolute atomic E-state index is 0.254. The number of nitrogens with one attached hydrogen (secondary N) is 1. The Bertz CT molecular complexity index is 543. The Morgan fingerprint density at radius 3 is 2.82 bits per heavy atom. The van der Waals surface area contributed by atoms with E-state index in [1.54, 1.807) is 12.1 Å². The molecule has 0 aliphatic heterocycles. The maximum atomic E-state index is 11.8. The molecule has 2 aromatic rings. The van der Waals surface area contributed by atoms with Crippen molar-refractivity contribution in [3.05, 3.63) is 53.1 Å². The first-order valence-corrected chi connectivity index (χ1v) is 5.38. The van der Waals surface area contributed by atoms with E-state index in [0.717, 1.165) is 5.56 Å². The van der Waals surface area contributed by atoms with E-state index in [2.05, 4.69) is 15.3 Å². The van der Waals surface area contributed by atoms with Gasteiger partial charge < -0.3 is 5.32 Å². The predicted molar refractivity (Wildman–Crippen MR) is 66.2 cm³/mol. The first-order chi connectivity index (χ1) is 8.16. The zero-order valence-corrected chi connectivity index (χ0v) is 9.90. The van der Waals surface area contributed by atoms with Gasteiger partial charge in [-0.3, -0.25) is 9.78 Å². The summed E-state index contributed by atoms with van der Waals surface area (Å²) in [5.74, 6) is -0.330. The van der Waals surface area contributed by atoms with E-state index < -0.39 is 0 Å². The first-order valence-electron chi connectivity index (χ1n) is 5.00. The summed E-state index contributed by atoms with van der Waals surface area (Å²) < 4.78 is 0. The second-order valence-electron chi connectivity index (χ2n) is 3.53. The van der Waals surface area contributed by atoms with Gasteiger partial charge in [0.1, 0.15) is 5.69 Å². The summed E-state index contributed by atoms with van der Waals surface area (Å²) in [5.41, 5.74) is 1.85. The second-order valence-corrected chi connectivity index (χ2v) is 3.94. The molecule has 0 unspecified atom stereocenters. The average molecular weight is 248 g/mol. The molecular formula is C12H10ClN3O. The fourth-order valence-electron chi connectivity index (χ4n) is 1.32. The molecule has 0 saturated heterocycles. The normalized spacial score (nSPS) is 10.0. The van der Waals surface area contributed by atoms with Crippen LogP contribution in [0.25, 0.3) is 0 Å². The van der Waals surface area contributed by atoms with Crippen molar-refractivity contribution in [2.75, 3.05) is 5.32 Å². The van der Waals surface area contributed by atoms with Crippen LogP contribution in [0, 0.1) is 6.92 Å². The second kappa shape index (κ2) is 4.93. The molecule has 1 aromatic heterocycles. The lowest BCUT2D eigenvalue weighted by molar-refractivity contribution is 0.102. The van der Waals surface area contributed by atoms with Crippen LogP contribution in [0.15, 0.2) is 36.8 Å². The third-order valence-electron chi connectivity index (χ3n) is 2.17. The van der Waals surface area contributed by atoms with Crippen LogP contribution < -0.4 is 5.32 Å². The van der Waals surface area contributed by atoms with Gasteiger partial charge in [-0.05, 0) is 24.6 Å². The van der Waals surface area contributed by atoms with Gasteiger partial charge in [0.25, 0.3) is 5.91 Å². The summed E-state index contributed by atoms with van der Waals surface area (Å²) >= 11 is 6.01. The predicted octanol–water partition coefficient (Wildman–Crippen LogP) is 2.69. The van der Waals surface area contributed by atoms with E-state index in [0.29, 0.717) is 10.7 Å². The number of aromatic nitrogens is 2. The Balaban J connectivity index is 2.19. The molecule has 0 saturated carbocycles. The molecule has 1 amide bonds. The molecule has 0 atom stereocenters. The summed E-state index contributed by atoms with van der Waals surface area (Å²) in [6, 6.07) is 5.41. The summed E-state index contributed by atoms with van der Waals surface area (Å²) in [6.07, 6.45) is 4.37. The molecule has 0 spiro atoms. The summed E-state index contributed by atoms with van der Waals surface area (Å²) in [4.78, 5) is 19.5. The molecule has 1 N–H and O–H groups in total.